The molecule has 0 bridgehead atoms. The van der Waals surface area contributed by atoms with E-state index in [-0.39, 0.29) is 18.0 Å². The zero-order chi connectivity index (χ0) is 14.0. The van der Waals surface area contributed by atoms with Crippen molar-refractivity contribution in [3.05, 3.63) is 43.4 Å². The van der Waals surface area contributed by atoms with Crippen molar-refractivity contribution in [2.75, 3.05) is 5.73 Å². The maximum absolute atomic E-state index is 11.0. The lowest BCUT2D eigenvalue weighted by Crippen LogP contribution is -2.00. The van der Waals surface area contributed by atoms with Gasteiger partial charge in [-0.15, -0.1) is 0 Å². The molecule has 0 saturated carbocycles. The zero-order valence-corrected chi connectivity index (χ0v) is 12.3. The second kappa shape index (κ2) is 5.54. The van der Waals surface area contributed by atoms with E-state index in [0.717, 1.165) is 4.88 Å². The van der Waals surface area contributed by atoms with Gasteiger partial charge in [0.25, 0.3) is 0 Å². The molecule has 0 spiro atoms. The molecule has 0 aliphatic rings. The Morgan fingerprint density at radius 2 is 2.32 bits per heavy atom. The van der Waals surface area contributed by atoms with Gasteiger partial charge in [-0.3, -0.25) is 10.1 Å². The number of aromatic nitrogens is 1. The number of nitrogens with zero attached hydrogens (tertiary/aromatic N) is 2. The van der Waals surface area contributed by atoms with Crippen molar-refractivity contribution in [2.24, 2.45) is 0 Å². The van der Waals surface area contributed by atoms with Crippen molar-refractivity contribution in [1.29, 1.82) is 0 Å². The number of nitro groups is 1. The van der Waals surface area contributed by atoms with E-state index in [9.17, 15) is 10.1 Å². The van der Waals surface area contributed by atoms with Crippen LogP contribution in [-0.2, 0) is 6.61 Å². The van der Waals surface area contributed by atoms with Gasteiger partial charge in [0.1, 0.15) is 6.61 Å². The van der Waals surface area contributed by atoms with Crippen LogP contribution in [0.4, 0.5) is 10.8 Å². The topological polar surface area (TPSA) is 91.3 Å². The molecule has 2 rings (SSSR count). The lowest BCUT2D eigenvalue weighted by atomic mass is 10.2. The Balaban J connectivity index is 2.26. The predicted molar refractivity (Wildman–Crippen MR) is 76.4 cm³/mol. The zero-order valence-electron chi connectivity index (χ0n) is 9.92. The molecule has 0 unspecified atom stereocenters. The number of hydrogen-bond donors (Lipinski definition) is 1. The van der Waals surface area contributed by atoms with E-state index in [1.807, 2.05) is 0 Å². The van der Waals surface area contributed by atoms with Gasteiger partial charge in [-0.1, -0.05) is 27.3 Å². The van der Waals surface area contributed by atoms with E-state index in [2.05, 4.69) is 20.9 Å². The van der Waals surface area contributed by atoms with Gasteiger partial charge in [0, 0.05) is 16.7 Å². The van der Waals surface area contributed by atoms with Crippen LogP contribution in [0.1, 0.15) is 10.4 Å². The van der Waals surface area contributed by atoms with Crippen molar-refractivity contribution in [2.45, 2.75) is 13.5 Å². The van der Waals surface area contributed by atoms with Crippen LogP contribution >= 0.6 is 27.3 Å². The third kappa shape index (κ3) is 3.21. The molecule has 0 saturated heterocycles. The molecule has 1 heterocycles. The Bertz CT molecular complexity index is 630. The molecule has 6 nitrogen and oxygen atoms in total. The van der Waals surface area contributed by atoms with E-state index in [0.29, 0.717) is 15.2 Å². The monoisotopic (exact) mass is 343 g/mol. The third-order valence-electron chi connectivity index (χ3n) is 2.35. The van der Waals surface area contributed by atoms with E-state index < -0.39 is 4.92 Å². The van der Waals surface area contributed by atoms with Crippen LogP contribution in [-0.4, -0.2) is 9.91 Å². The first-order chi connectivity index (χ1) is 8.97. The van der Waals surface area contributed by atoms with Gasteiger partial charge < -0.3 is 10.5 Å². The standard InChI is InChI=1S/C11H10BrN3O3S/c1-6-2-7(12)3-9(15(16)17)10(6)18-5-8-4-14-11(13)19-8/h2-4H,5H2,1H3,(H2,13,14). The number of benzene rings is 1. The number of nitrogen functional groups attached to an aromatic ring is 1. The van der Waals surface area contributed by atoms with Crippen molar-refractivity contribution in [1.82, 2.24) is 4.98 Å². The molecule has 0 atom stereocenters. The predicted octanol–water partition coefficient (Wildman–Crippen LogP) is 3.28. The summed E-state index contributed by atoms with van der Waals surface area (Å²) in [4.78, 5) is 15.3. The van der Waals surface area contributed by atoms with Crippen LogP contribution in [0.15, 0.2) is 22.8 Å². The second-order valence-corrected chi connectivity index (χ2v) is 5.84. The minimum absolute atomic E-state index is 0.0654. The number of aryl methyl sites for hydroxylation is 1. The van der Waals surface area contributed by atoms with E-state index >= 15 is 0 Å². The minimum atomic E-state index is -0.464. The normalized spacial score (nSPS) is 10.4. The number of rotatable bonds is 4. The van der Waals surface area contributed by atoms with Gasteiger partial charge in [0.15, 0.2) is 5.13 Å². The Kier molecular flexibility index (Phi) is 4.01. The molecule has 0 radical (unpaired) electrons. The molecule has 1 aromatic carbocycles. The highest BCUT2D eigenvalue weighted by Crippen LogP contribution is 2.34. The molecule has 0 amide bonds. The van der Waals surface area contributed by atoms with Crippen molar-refractivity contribution in [3.8, 4) is 5.75 Å². The largest absolute Gasteiger partial charge is 0.481 e. The summed E-state index contributed by atoms with van der Waals surface area (Å²) in [5.74, 6) is 0.264. The van der Waals surface area contributed by atoms with Crippen LogP contribution in [0.3, 0.4) is 0 Å². The number of nitrogens with two attached hydrogens (primary N) is 1. The molecule has 2 aromatic rings. The van der Waals surface area contributed by atoms with Gasteiger partial charge in [-0.25, -0.2) is 4.98 Å². The molecular weight excluding hydrogens is 334 g/mol. The Hall–Kier alpha value is -1.67. The van der Waals surface area contributed by atoms with Gasteiger partial charge in [-0.2, -0.15) is 0 Å². The van der Waals surface area contributed by atoms with Crippen molar-refractivity contribution in [3.63, 3.8) is 0 Å². The molecule has 19 heavy (non-hydrogen) atoms. The number of nitro benzene ring substituents is 1. The van der Waals surface area contributed by atoms with Crippen molar-refractivity contribution < 1.29 is 9.66 Å². The fraction of sp³-hybridized carbons (Fsp3) is 0.182. The fourth-order valence-corrected chi connectivity index (χ4v) is 2.73. The van der Waals surface area contributed by atoms with Crippen LogP contribution < -0.4 is 10.5 Å². The lowest BCUT2D eigenvalue weighted by Gasteiger charge is -2.08. The molecular formula is C11H10BrN3O3S. The van der Waals surface area contributed by atoms with Gasteiger partial charge in [0.2, 0.25) is 5.75 Å². The molecule has 0 aliphatic heterocycles. The van der Waals surface area contributed by atoms with Crippen LogP contribution in [0.5, 0.6) is 5.75 Å². The number of anilines is 1. The third-order valence-corrected chi connectivity index (χ3v) is 3.60. The summed E-state index contributed by atoms with van der Waals surface area (Å²) < 4.78 is 6.18. The number of hydrogen-bond acceptors (Lipinski definition) is 6. The first kappa shape index (κ1) is 13.8. The molecule has 0 fully saturated rings. The van der Waals surface area contributed by atoms with Crippen LogP contribution in [0.2, 0.25) is 0 Å². The Morgan fingerprint density at radius 3 is 2.89 bits per heavy atom. The smallest absolute Gasteiger partial charge is 0.312 e. The van der Waals surface area contributed by atoms with E-state index in [1.54, 1.807) is 19.2 Å². The number of halogens is 1. The lowest BCUT2D eigenvalue weighted by molar-refractivity contribution is -0.386. The van der Waals surface area contributed by atoms with Gasteiger partial charge in [-0.05, 0) is 18.6 Å². The average molecular weight is 344 g/mol. The highest BCUT2D eigenvalue weighted by Gasteiger charge is 2.19. The SMILES string of the molecule is Cc1cc(Br)cc([N+](=O)[O-])c1OCc1cnc(N)s1. The van der Waals surface area contributed by atoms with Crippen LogP contribution in [0.25, 0.3) is 0 Å². The van der Waals surface area contributed by atoms with Gasteiger partial charge in [0.05, 0.1) is 9.80 Å². The minimum Gasteiger partial charge on any atom is -0.481 e. The summed E-state index contributed by atoms with van der Waals surface area (Å²) in [5, 5.41) is 11.5. The van der Waals surface area contributed by atoms with Crippen LogP contribution in [0, 0.1) is 17.0 Å². The molecule has 8 heteroatoms. The number of ether oxygens (including phenoxy) is 1. The Labute approximate surface area is 121 Å². The summed E-state index contributed by atoms with van der Waals surface area (Å²) >= 11 is 4.52. The Morgan fingerprint density at radius 1 is 1.58 bits per heavy atom. The molecule has 1 aromatic heterocycles. The maximum Gasteiger partial charge on any atom is 0.312 e. The molecule has 100 valence electrons. The highest BCUT2D eigenvalue weighted by atomic mass is 79.9. The maximum atomic E-state index is 11.0. The molecule has 2 N–H and O–H groups in total. The summed E-state index contributed by atoms with van der Waals surface area (Å²) in [7, 11) is 0. The summed E-state index contributed by atoms with van der Waals surface area (Å²) in [5.41, 5.74) is 6.14. The summed E-state index contributed by atoms with van der Waals surface area (Å²) in [6, 6.07) is 3.19. The molecule has 0 aliphatic carbocycles. The van der Waals surface area contributed by atoms with E-state index in [4.69, 9.17) is 10.5 Å². The number of thiazole rings is 1. The highest BCUT2D eigenvalue weighted by molar-refractivity contribution is 9.10. The van der Waals surface area contributed by atoms with E-state index in [1.165, 1.54) is 17.4 Å². The van der Waals surface area contributed by atoms with Crippen molar-refractivity contribution >= 4 is 38.1 Å². The second-order valence-electron chi connectivity index (χ2n) is 3.78. The summed E-state index contributed by atoms with van der Waals surface area (Å²) in [6.45, 7) is 1.96. The summed E-state index contributed by atoms with van der Waals surface area (Å²) in [6.07, 6.45) is 1.60. The fourth-order valence-electron chi connectivity index (χ4n) is 1.57. The first-order valence-corrected chi connectivity index (χ1v) is 6.86. The quantitative estimate of drug-likeness (QED) is 0.679. The average Bonchev–Trinajstić information content (AvgIpc) is 2.73. The van der Waals surface area contributed by atoms with Gasteiger partial charge >= 0.3 is 5.69 Å². The first-order valence-electron chi connectivity index (χ1n) is 5.25.